The van der Waals surface area contributed by atoms with Crippen LogP contribution in [0.15, 0.2) is 36.4 Å². The number of halogens is 2. The maximum absolute atomic E-state index is 13.3. The number of amides is 1. The van der Waals surface area contributed by atoms with Gasteiger partial charge in [0.2, 0.25) is 5.91 Å². The first-order valence-corrected chi connectivity index (χ1v) is 7.54. The monoisotopic (exact) mass is 333 g/mol. The van der Waals surface area contributed by atoms with Gasteiger partial charge in [0.05, 0.1) is 5.41 Å². The van der Waals surface area contributed by atoms with Crippen molar-refractivity contribution in [1.82, 2.24) is 0 Å². The molecule has 2 aromatic rings. The van der Waals surface area contributed by atoms with Gasteiger partial charge >= 0.3 is 0 Å². The van der Waals surface area contributed by atoms with Gasteiger partial charge in [0.25, 0.3) is 0 Å². The van der Waals surface area contributed by atoms with Gasteiger partial charge in [-0.05, 0) is 43.7 Å². The van der Waals surface area contributed by atoms with Crippen LogP contribution < -0.4 is 14.8 Å². The number of ether oxygens (including phenoxy) is 2. The van der Waals surface area contributed by atoms with Crippen LogP contribution in [0.25, 0.3) is 0 Å². The molecule has 4 nitrogen and oxygen atoms in total. The van der Waals surface area contributed by atoms with Crippen LogP contribution in [-0.2, 0) is 10.2 Å². The minimum atomic E-state index is -1.01. The van der Waals surface area contributed by atoms with Crippen LogP contribution in [0.1, 0.15) is 19.4 Å². The molecule has 0 radical (unpaired) electrons. The Morgan fingerprint density at radius 2 is 1.71 bits per heavy atom. The lowest BCUT2D eigenvalue weighted by Crippen LogP contribution is -2.35. The average Bonchev–Trinajstić information content (AvgIpc) is 2.57. The Morgan fingerprint density at radius 3 is 2.42 bits per heavy atom. The summed E-state index contributed by atoms with van der Waals surface area (Å²) in [6, 6.07) is 8.55. The molecule has 0 aliphatic carbocycles. The molecule has 1 amide bonds. The number of carbonyl (C=O) groups is 1. The standard InChI is InChI=1S/C18H17F2NO3/c1-18(2,11-3-6-15-16(9-11)24-8-7-23-15)17(22)21-12-4-5-13(19)14(20)10-12/h3-6,9-10H,7-8H2,1-2H3,(H,21,22). The molecule has 0 atom stereocenters. The second kappa shape index (κ2) is 6.11. The van der Waals surface area contributed by atoms with Crippen LogP contribution in [0.4, 0.5) is 14.5 Å². The van der Waals surface area contributed by atoms with E-state index in [-0.39, 0.29) is 11.6 Å². The predicted octanol–water partition coefficient (Wildman–Crippen LogP) is 3.65. The van der Waals surface area contributed by atoms with E-state index >= 15 is 0 Å². The fraction of sp³-hybridized carbons (Fsp3) is 0.278. The molecule has 1 aliphatic heterocycles. The zero-order chi connectivity index (χ0) is 17.3. The summed E-state index contributed by atoms with van der Waals surface area (Å²) in [5, 5.41) is 2.61. The number of hydrogen-bond donors (Lipinski definition) is 1. The summed E-state index contributed by atoms with van der Waals surface area (Å²) in [5.41, 5.74) is 0.0251. The highest BCUT2D eigenvalue weighted by molar-refractivity contribution is 5.98. The average molecular weight is 333 g/mol. The summed E-state index contributed by atoms with van der Waals surface area (Å²) >= 11 is 0. The Kier molecular flexibility index (Phi) is 4.13. The number of rotatable bonds is 3. The minimum absolute atomic E-state index is 0.199. The van der Waals surface area contributed by atoms with E-state index in [2.05, 4.69) is 5.32 Å². The SMILES string of the molecule is CC(C)(C(=O)Nc1ccc(F)c(F)c1)c1ccc2c(c1)OCCO2. The largest absolute Gasteiger partial charge is 0.486 e. The Hall–Kier alpha value is -2.63. The molecule has 1 aliphatic rings. The minimum Gasteiger partial charge on any atom is -0.486 e. The second-order valence-corrected chi connectivity index (χ2v) is 6.07. The third-order valence-electron chi connectivity index (χ3n) is 4.01. The molecular weight excluding hydrogens is 316 g/mol. The van der Waals surface area contributed by atoms with Crippen molar-refractivity contribution in [3.63, 3.8) is 0 Å². The van der Waals surface area contributed by atoms with Crippen molar-refractivity contribution in [2.24, 2.45) is 0 Å². The fourth-order valence-corrected chi connectivity index (χ4v) is 2.42. The van der Waals surface area contributed by atoms with E-state index in [0.717, 1.165) is 17.7 Å². The van der Waals surface area contributed by atoms with Crippen LogP contribution in [0.3, 0.4) is 0 Å². The van der Waals surface area contributed by atoms with Gasteiger partial charge < -0.3 is 14.8 Å². The lowest BCUT2D eigenvalue weighted by Gasteiger charge is -2.26. The molecule has 0 aromatic heterocycles. The number of hydrogen-bond acceptors (Lipinski definition) is 3. The number of fused-ring (bicyclic) bond motifs is 1. The van der Waals surface area contributed by atoms with Gasteiger partial charge in [-0.25, -0.2) is 8.78 Å². The first-order valence-electron chi connectivity index (χ1n) is 7.54. The molecule has 1 heterocycles. The topological polar surface area (TPSA) is 47.6 Å². The molecule has 3 rings (SSSR count). The van der Waals surface area contributed by atoms with Crippen molar-refractivity contribution in [2.75, 3.05) is 18.5 Å². The number of benzene rings is 2. The highest BCUT2D eigenvalue weighted by Gasteiger charge is 2.31. The highest BCUT2D eigenvalue weighted by atomic mass is 19.2. The lowest BCUT2D eigenvalue weighted by molar-refractivity contribution is -0.120. The molecule has 2 aromatic carbocycles. The van der Waals surface area contributed by atoms with E-state index in [1.165, 1.54) is 6.07 Å². The van der Waals surface area contributed by atoms with Gasteiger partial charge in [0.15, 0.2) is 23.1 Å². The van der Waals surface area contributed by atoms with E-state index in [1.54, 1.807) is 32.0 Å². The third kappa shape index (κ3) is 3.04. The van der Waals surface area contributed by atoms with Gasteiger partial charge in [-0.2, -0.15) is 0 Å². The van der Waals surface area contributed by atoms with Crippen LogP contribution in [-0.4, -0.2) is 19.1 Å². The van der Waals surface area contributed by atoms with Crippen molar-refractivity contribution < 1.29 is 23.0 Å². The van der Waals surface area contributed by atoms with Crippen molar-refractivity contribution >= 4 is 11.6 Å². The Balaban J connectivity index is 1.83. The second-order valence-electron chi connectivity index (χ2n) is 6.07. The molecular formula is C18H17F2NO3. The number of anilines is 1. The summed E-state index contributed by atoms with van der Waals surface area (Å²) in [6.07, 6.45) is 0. The van der Waals surface area contributed by atoms with E-state index in [1.807, 2.05) is 0 Å². The predicted molar refractivity (Wildman–Crippen MR) is 85.4 cm³/mol. The molecule has 0 fully saturated rings. The zero-order valence-electron chi connectivity index (χ0n) is 13.4. The summed E-state index contributed by atoms with van der Waals surface area (Å²) in [4.78, 5) is 12.6. The van der Waals surface area contributed by atoms with Crippen molar-refractivity contribution in [2.45, 2.75) is 19.3 Å². The van der Waals surface area contributed by atoms with E-state index < -0.39 is 17.0 Å². The van der Waals surface area contributed by atoms with Gasteiger partial charge in [-0.1, -0.05) is 6.07 Å². The molecule has 0 saturated carbocycles. The number of carbonyl (C=O) groups excluding carboxylic acids is 1. The Bertz CT molecular complexity index is 790. The van der Waals surface area contributed by atoms with Crippen molar-refractivity contribution in [3.05, 3.63) is 53.6 Å². The summed E-state index contributed by atoms with van der Waals surface area (Å²) < 4.78 is 37.3. The Morgan fingerprint density at radius 1 is 1.00 bits per heavy atom. The first-order chi connectivity index (χ1) is 11.4. The molecule has 126 valence electrons. The number of nitrogens with one attached hydrogen (secondary N) is 1. The molecule has 0 spiro atoms. The summed E-state index contributed by atoms with van der Waals surface area (Å²) in [6.45, 7) is 4.44. The molecule has 0 unspecified atom stereocenters. The van der Waals surface area contributed by atoms with Crippen molar-refractivity contribution in [1.29, 1.82) is 0 Å². The first kappa shape index (κ1) is 16.2. The van der Waals surface area contributed by atoms with Crippen LogP contribution >= 0.6 is 0 Å². The fourth-order valence-electron chi connectivity index (χ4n) is 2.42. The van der Waals surface area contributed by atoms with Crippen LogP contribution in [0.2, 0.25) is 0 Å². The smallest absolute Gasteiger partial charge is 0.234 e. The van der Waals surface area contributed by atoms with Crippen LogP contribution in [0, 0.1) is 11.6 Å². The molecule has 1 N–H and O–H groups in total. The molecule has 6 heteroatoms. The summed E-state index contributed by atoms with van der Waals surface area (Å²) in [7, 11) is 0. The van der Waals surface area contributed by atoms with Crippen molar-refractivity contribution in [3.8, 4) is 11.5 Å². The van der Waals surface area contributed by atoms with E-state index in [4.69, 9.17) is 9.47 Å². The van der Waals surface area contributed by atoms with E-state index in [0.29, 0.717) is 24.7 Å². The van der Waals surface area contributed by atoms with Gasteiger partial charge in [0, 0.05) is 11.8 Å². The molecule has 24 heavy (non-hydrogen) atoms. The summed E-state index contributed by atoms with van der Waals surface area (Å²) in [5.74, 6) is -1.08. The normalized spacial score (nSPS) is 13.5. The highest BCUT2D eigenvalue weighted by Crippen LogP contribution is 2.35. The zero-order valence-corrected chi connectivity index (χ0v) is 13.4. The van der Waals surface area contributed by atoms with Gasteiger partial charge in [0.1, 0.15) is 13.2 Å². The van der Waals surface area contributed by atoms with Crippen LogP contribution in [0.5, 0.6) is 11.5 Å². The van der Waals surface area contributed by atoms with Gasteiger partial charge in [-0.15, -0.1) is 0 Å². The maximum atomic E-state index is 13.3. The van der Waals surface area contributed by atoms with E-state index in [9.17, 15) is 13.6 Å². The van der Waals surface area contributed by atoms with Gasteiger partial charge in [-0.3, -0.25) is 4.79 Å². The molecule has 0 saturated heterocycles. The lowest BCUT2D eigenvalue weighted by atomic mass is 9.83. The quantitative estimate of drug-likeness (QED) is 0.933. The Labute approximate surface area is 138 Å². The third-order valence-corrected chi connectivity index (χ3v) is 4.01. The maximum Gasteiger partial charge on any atom is 0.234 e. The molecule has 0 bridgehead atoms.